The predicted octanol–water partition coefficient (Wildman–Crippen LogP) is 4.08. The van der Waals surface area contributed by atoms with Gasteiger partial charge in [0.1, 0.15) is 5.03 Å². The molecular formula is C28H33N3O5S. The summed E-state index contributed by atoms with van der Waals surface area (Å²) >= 11 is 1.48. The zero-order valence-corrected chi connectivity index (χ0v) is 22.1. The van der Waals surface area contributed by atoms with E-state index in [0.29, 0.717) is 62.0 Å². The van der Waals surface area contributed by atoms with Crippen LogP contribution in [0.3, 0.4) is 0 Å². The molecule has 0 saturated carbocycles. The SMILES string of the molecule is CSc1ncccc1C(=O)N1CCC2(CCN(C(=O)CCC(=O)c3ccc4c(c3)OCCCO4)C2)CC1. The Bertz CT molecular complexity index is 1180. The van der Waals surface area contributed by atoms with E-state index in [-0.39, 0.29) is 35.9 Å². The van der Waals surface area contributed by atoms with Crippen LogP contribution in [-0.4, -0.2) is 78.0 Å². The number of Topliss-reactive ketones (excluding diaryl/α,β-unsaturated/α-hetero) is 1. The third kappa shape index (κ3) is 5.61. The second kappa shape index (κ2) is 11.1. The summed E-state index contributed by atoms with van der Waals surface area (Å²) < 4.78 is 11.3. The molecule has 2 saturated heterocycles. The number of ketones is 1. The number of benzene rings is 1. The number of carbonyl (C=O) groups excluding carboxylic acids is 3. The second-order valence-electron chi connectivity index (χ2n) is 10.1. The van der Waals surface area contributed by atoms with Gasteiger partial charge in [0.2, 0.25) is 5.91 Å². The lowest BCUT2D eigenvalue weighted by atomic mass is 9.77. The van der Waals surface area contributed by atoms with Gasteiger partial charge >= 0.3 is 0 Å². The molecule has 5 rings (SSSR count). The Hall–Kier alpha value is -3.07. The summed E-state index contributed by atoms with van der Waals surface area (Å²) in [6, 6.07) is 8.88. The number of nitrogens with zero attached hydrogens (tertiary/aromatic N) is 3. The number of piperidine rings is 1. The van der Waals surface area contributed by atoms with Gasteiger partial charge in [0.25, 0.3) is 5.91 Å². The highest BCUT2D eigenvalue weighted by Gasteiger charge is 2.42. The van der Waals surface area contributed by atoms with Crippen molar-refractivity contribution in [1.29, 1.82) is 0 Å². The molecule has 1 spiro atoms. The first-order valence-electron chi connectivity index (χ1n) is 13.0. The van der Waals surface area contributed by atoms with Crippen LogP contribution >= 0.6 is 11.8 Å². The average Bonchev–Trinajstić information content (AvgIpc) is 3.19. The number of rotatable bonds is 6. The normalized spacial score (nSPS) is 18.5. The Morgan fingerprint density at radius 2 is 1.70 bits per heavy atom. The van der Waals surface area contributed by atoms with Gasteiger partial charge in [-0.05, 0) is 61.3 Å². The van der Waals surface area contributed by atoms with Crippen LogP contribution < -0.4 is 9.47 Å². The number of fused-ring (bicyclic) bond motifs is 1. The lowest BCUT2D eigenvalue weighted by Crippen LogP contribution is -2.44. The van der Waals surface area contributed by atoms with E-state index in [9.17, 15) is 14.4 Å². The minimum atomic E-state index is -0.0651. The van der Waals surface area contributed by atoms with Crippen molar-refractivity contribution in [2.24, 2.45) is 5.41 Å². The molecule has 0 bridgehead atoms. The summed E-state index contributed by atoms with van der Waals surface area (Å²) in [7, 11) is 0. The Balaban J connectivity index is 1.12. The molecule has 0 unspecified atom stereocenters. The summed E-state index contributed by atoms with van der Waals surface area (Å²) in [5.74, 6) is 1.24. The van der Waals surface area contributed by atoms with Crippen molar-refractivity contribution in [3.8, 4) is 11.5 Å². The molecule has 2 fully saturated rings. The minimum Gasteiger partial charge on any atom is -0.490 e. The summed E-state index contributed by atoms with van der Waals surface area (Å²) in [5, 5.41) is 0.756. The Kier molecular flexibility index (Phi) is 7.69. The van der Waals surface area contributed by atoms with Crippen LogP contribution in [-0.2, 0) is 4.79 Å². The van der Waals surface area contributed by atoms with Gasteiger partial charge in [-0.25, -0.2) is 4.98 Å². The number of hydrogen-bond acceptors (Lipinski definition) is 7. The highest BCUT2D eigenvalue weighted by Crippen LogP contribution is 2.41. The van der Waals surface area contributed by atoms with Crippen LogP contribution in [0.2, 0.25) is 0 Å². The number of hydrogen-bond donors (Lipinski definition) is 0. The van der Waals surface area contributed by atoms with Gasteiger partial charge in [-0.1, -0.05) is 0 Å². The maximum absolute atomic E-state index is 13.1. The third-order valence-electron chi connectivity index (χ3n) is 7.73. The molecule has 1 aromatic carbocycles. The van der Waals surface area contributed by atoms with Crippen LogP contribution in [0.5, 0.6) is 11.5 Å². The van der Waals surface area contributed by atoms with E-state index < -0.39 is 0 Å². The van der Waals surface area contributed by atoms with Crippen molar-refractivity contribution in [1.82, 2.24) is 14.8 Å². The number of pyridine rings is 1. The summed E-state index contributed by atoms with van der Waals surface area (Å²) in [6.07, 6.45) is 7.53. The van der Waals surface area contributed by atoms with E-state index in [0.717, 1.165) is 30.7 Å². The van der Waals surface area contributed by atoms with Crippen molar-refractivity contribution in [3.05, 3.63) is 47.7 Å². The second-order valence-corrected chi connectivity index (χ2v) is 10.8. The lowest BCUT2D eigenvalue weighted by Gasteiger charge is -2.39. The molecule has 2 amide bonds. The van der Waals surface area contributed by atoms with Gasteiger partial charge in [-0.15, -0.1) is 11.8 Å². The zero-order chi connectivity index (χ0) is 25.8. The fraction of sp³-hybridized carbons (Fsp3) is 0.500. The maximum Gasteiger partial charge on any atom is 0.256 e. The fourth-order valence-corrected chi connectivity index (χ4v) is 6.03. The van der Waals surface area contributed by atoms with Crippen molar-refractivity contribution in [3.63, 3.8) is 0 Å². The first-order valence-corrected chi connectivity index (χ1v) is 14.2. The Morgan fingerprint density at radius 3 is 2.46 bits per heavy atom. The summed E-state index contributed by atoms with van der Waals surface area (Å²) in [4.78, 5) is 47.0. The first-order chi connectivity index (χ1) is 18.0. The highest BCUT2D eigenvalue weighted by molar-refractivity contribution is 7.98. The van der Waals surface area contributed by atoms with Crippen LogP contribution in [0.1, 0.15) is 59.2 Å². The van der Waals surface area contributed by atoms with Gasteiger partial charge in [-0.3, -0.25) is 14.4 Å². The molecule has 2 aromatic rings. The van der Waals surface area contributed by atoms with E-state index in [4.69, 9.17) is 9.47 Å². The lowest BCUT2D eigenvalue weighted by molar-refractivity contribution is -0.130. The minimum absolute atomic E-state index is 0.0260. The van der Waals surface area contributed by atoms with Crippen molar-refractivity contribution < 1.29 is 23.9 Å². The first kappa shape index (κ1) is 25.6. The maximum atomic E-state index is 13.1. The molecule has 4 heterocycles. The standard InChI is InChI=1S/C28H33N3O5S/c1-37-26-21(4-2-12-29-26)27(34)30-13-9-28(10-14-30)11-15-31(19-28)25(33)8-6-22(32)20-5-7-23-24(18-20)36-17-3-16-35-23/h2,4-5,7,12,18H,3,6,8-11,13-17,19H2,1H3. The molecule has 1 aromatic heterocycles. The molecule has 0 N–H and O–H groups in total. The molecule has 8 nitrogen and oxygen atoms in total. The van der Waals surface area contributed by atoms with Crippen LogP contribution in [0.4, 0.5) is 0 Å². The molecule has 3 aliphatic heterocycles. The third-order valence-corrected chi connectivity index (χ3v) is 8.44. The largest absolute Gasteiger partial charge is 0.490 e. The van der Waals surface area contributed by atoms with Crippen LogP contribution in [0.15, 0.2) is 41.6 Å². The number of likely N-dealkylation sites (tertiary alicyclic amines) is 2. The van der Waals surface area contributed by atoms with E-state index in [1.54, 1.807) is 30.5 Å². The van der Waals surface area contributed by atoms with E-state index >= 15 is 0 Å². The van der Waals surface area contributed by atoms with Gasteiger partial charge in [0, 0.05) is 57.2 Å². The predicted molar refractivity (Wildman–Crippen MR) is 140 cm³/mol. The van der Waals surface area contributed by atoms with Gasteiger partial charge in [0.15, 0.2) is 17.3 Å². The number of ether oxygens (including phenoxy) is 2. The van der Waals surface area contributed by atoms with E-state index in [2.05, 4.69) is 4.98 Å². The summed E-state index contributed by atoms with van der Waals surface area (Å²) in [6.45, 7) is 3.95. The number of amides is 2. The van der Waals surface area contributed by atoms with Crippen molar-refractivity contribution >= 4 is 29.4 Å². The average molecular weight is 524 g/mol. The Morgan fingerprint density at radius 1 is 0.973 bits per heavy atom. The molecule has 0 aliphatic carbocycles. The summed E-state index contributed by atoms with van der Waals surface area (Å²) in [5.41, 5.74) is 1.26. The quantitative estimate of drug-likeness (QED) is 0.416. The van der Waals surface area contributed by atoms with Crippen molar-refractivity contribution in [2.45, 2.75) is 43.6 Å². The van der Waals surface area contributed by atoms with Gasteiger partial charge in [-0.2, -0.15) is 0 Å². The topological polar surface area (TPSA) is 89.0 Å². The monoisotopic (exact) mass is 523 g/mol. The molecule has 196 valence electrons. The van der Waals surface area contributed by atoms with E-state index in [1.807, 2.05) is 22.1 Å². The number of carbonyl (C=O) groups is 3. The zero-order valence-electron chi connectivity index (χ0n) is 21.2. The van der Waals surface area contributed by atoms with E-state index in [1.165, 1.54) is 11.8 Å². The Labute approximate surface area is 221 Å². The van der Waals surface area contributed by atoms with Crippen LogP contribution in [0, 0.1) is 5.41 Å². The molecular weight excluding hydrogens is 490 g/mol. The highest BCUT2D eigenvalue weighted by atomic mass is 32.2. The van der Waals surface area contributed by atoms with Crippen molar-refractivity contribution in [2.75, 3.05) is 45.6 Å². The molecule has 3 aliphatic rings. The molecule has 0 radical (unpaired) electrons. The smallest absolute Gasteiger partial charge is 0.256 e. The molecule has 37 heavy (non-hydrogen) atoms. The number of aromatic nitrogens is 1. The van der Waals surface area contributed by atoms with Gasteiger partial charge < -0.3 is 19.3 Å². The molecule has 0 atom stereocenters. The fourth-order valence-electron chi connectivity index (χ4n) is 5.49. The molecule has 9 heteroatoms. The van der Waals surface area contributed by atoms with Crippen LogP contribution in [0.25, 0.3) is 0 Å². The number of thioether (sulfide) groups is 1. The van der Waals surface area contributed by atoms with Gasteiger partial charge in [0.05, 0.1) is 18.8 Å².